The fraction of sp³-hybridized carbons (Fsp3) is 0.261. The van der Waals surface area contributed by atoms with Gasteiger partial charge in [-0.1, -0.05) is 54.1 Å². The number of hydrogen-bond acceptors (Lipinski definition) is 6. The van der Waals surface area contributed by atoms with Crippen LogP contribution in [-0.4, -0.2) is 42.4 Å². The molecular formula is C23H23ClN2O5S2. The highest BCUT2D eigenvalue weighted by molar-refractivity contribution is 7.91. The number of carbonyl (C=O) groups excluding carboxylic acids is 1. The first-order chi connectivity index (χ1) is 15.8. The number of aliphatic hydroxyl groups is 1. The maximum atomic E-state index is 13.0. The summed E-state index contributed by atoms with van der Waals surface area (Å²) in [5.41, 5.74) is 1.85. The molecule has 0 unspecified atom stereocenters. The molecule has 3 aromatic rings. The van der Waals surface area contributed by atoms with E-state index in [4.69, 9.17) is 16.3 Å². The Morgan fingerprint density at radius 2 is 1.79 bits per heavy atom. The van der Waals surface area contributed by atoms with Crippen LogP contribution in [0.15, 0.2) is 70.9 Å². The van der Waals surface area contributed by atoms with E-state index >= 15 is 0 Å². The number of nitrogens with one attached hydrogen (secondary N) is 1. The highest BCUT2D eigenvalue weighted by Crippen LogP contribution is 2.32. The van der Waals surface area contributed by atoms with E-state index in [0.29, 0.717) is 10.9 Å². The lowest BCUT2D eigenvalue weighted by atomic mass is 10.1. The summed E-state index contributed by atoms with van der Waals surface area (Å²) in [5.74, 6) is 0.339. The second-order valence-corrected chi connectivity index (χ2v) is 11.5. The zero-order chi connectivity index (χ0) is 23.4. The van der Waals surface area contributed by atoms with Gasteiger partial charge >= 0.3 is 0 Å². The Labute approximate surface area is 201 Å². The van der Waals surface area contributed by atoms with Crippen LogP contribution in [0.1, 0.15) is 17.5 Å². The van der Waals surface area contributed by atoms with Crippen LogP contribution in [-0.2, 0) is 28.0 Å². The molecule has 0 bridgehead atoms. The van der Waals surface area contributed by atoms with Gasteiger partial charge in [-0.3, -0.25) is 4.79 Å². The van der Waals surface area contributed by atoms with Gasteiger partial charge in [0.15, 0.2) is 0 Å². The highest BCUT2D eigenvalue weighted by Gasteiger charge is 2.43. The molecule has 4 rings (SSSR count). The molecule has 10 heteroatoms. The molecule has 1 aromatic heterocycles. The summed E-state index contributed by atoms with van der Waals surface area (Å²) in [6.07, 6.45) is -0.866. The lowest BCUT2D eigenvalue weighted by Crippen LogP contribution is -2.45. The van der Waals surface area contributed by atoms with Crippen LogP contribution in [0.4, 0.5) is 0 Å². The number of aliphatic hydroxyl groups excluding tert-OH is 1. The van der Waals surface area contributed by atoms with Crippen molar-refractivity contribution in [1.29, 1.82) is 0 Å². The third kappa shape index (κ3) is 5.74. The van der Waals surface area contributed by atoms with Gasteiger partial charge in [0, 0.05) is 19.5 Å². The molecule has 0 aliphatic carbocycles. The summed E-state index contributed by atoms with van der Waals surface area (Å²) in [6.45, 7) is 0.534. The molecule has 2 aromatic carbocycles. The fourth-order valence-corrected chi connectivity index (χ4v) is 6.83. The number of rotatable bonds is 8. The topological polar surface area (TPSA) is 95.9 Å². The van der Waals surface area contributed by atoms with Gasteiger partial charge in [0.2, 0.25) is 5.91 Å². The predicted octanol–water partition coefficient (Wildman–Crippen LogP) is 3.42. The van der Waals surface area contributed by atoms with Crippen LogP contribution in [0.5, 0.6) is 5.75 Å². The molecule has 1 amide bonds. The average molecular weight is 507 g/mol. The van der Waals surface area contributed by atoms with Crippen LogP contribution in [0, 0.1) is 0 Å². The zero-order valence-corrected chi connectivity index (χ0v) is 19.9. The van der Waals surface area contributed by atoms with Crippen LogP contribution >= 0.6 is 22.9 Å². The quantitative estimate of drug-likeness (QED) is 0.488. The number of nitrogens with zero attached hydrogens (tertiary/aromatic N) is 1. The van der Waals surface area contributed by atoms with Crippen LogP contribution in [0.25, 0.3) is 0 Å². The Bertz CT molecular complexity index is 1200. The molecule has 2 N–H and O–H groups in total. The van der Waals surface area contributed by atoms with E-state index in [1.807, 2.05) is 54.6 Å². The van der Waals surface area contributed by atoms with Crippen molar-refractivity contribution in [1.82, 2.24) is 9.62 Å². The minimum absolute atomic E-state index is 0.0416. The third-order valence-electron chi connectivity index (χ3n) is 5.29. The SMILES string of the molecule is O=C(NCc1ccc(COc2ccccc2)cc1)[C@@H]1C[C@@H](O)CN1S(=O)(=O)c1ccc(Cl)s1. The smallest absolute Gasteiger partial charge is 0.253 e. The molecule has 2 atom stereocenters. The number of sulfonamides is 1. The van der Waals surface area contributed by atoms with Gasteiger partial charge in [-0.05, 0) is 35.4 Å². The van der Waals surface area contributed by atoms with E-state index in [2.05, 4.69) is 5.32 Å². The van der Waals surface area contributed by atoms with E-state index in [1.54, 1.807) is 0 Å². The minimum atomic E-state index is -3.93. The summed E-state index contributed by atoms with van der Waals surface area (Å²) in [6, 6.07) is 19.0. The van der Waals surface area contributed by atoms with Crippen LogP contribution in [0.3, 0.4) is 0 Å². The Balaban J connectivity index is 1.35. The first-order valence-corrected chi connectivity index (χ1v) is 12.9. The average Bonchev–Trinajstić information content (AvgIpc) is 3.44. The summed E-state index contributed by atoms with van der Waals surface area (Å²) < 4.78 is 33.1. The lowest BCUT2D eigenvalue weighted by molar-refractivity contribution is -0.124. The number of β-amino-alcohol motifs (C(OH)–C–C–N with tert-alkyl or cyclic N) is 1. The Hall–Kier alpha value is -2.43. The predicted molar refractivity (Wildman–Crippen MR) is 127 cm³/mol. The van der Waals surface area contributed by atoms with Crippen molar-refractivity contribution in [3.05, 3.63) is 82.2 Å². The first-order valence-electron chi connectivity index (χ1n) is 10.3. The minimum Gasteiger partial charge on any atom is -0.489 e. The van der Waals surface area contributed by atoms with Gasteiger partial charge in [0.25, 0.3) is 10.0 Å². The largest absolute Gasteiger partial charge is 0.489 e. The molecule has 1 aliphatic rings. The van der Waals surface area contributed by atoms with Gasteiger partial charge in [0.05, 0.1) is 10.4 Å². The van der Waals surface area contributed by atoms with Gasteiger partial charge in [-0.25, -0.2) is 8.42 Å². The standard InChI is InChI=1S/C23H23ClN2O5S2/c24-21-10-11-22(32-21)33(29,30)26-14-18(27)12-20(26)23(28)25-13-16-6-8-17(9-7-16)15-31-19-4-2-1-3-5-19/h1-11,18,20,27H,12-15H2,(H,25,28)/t18-,20+/m1/s1. The summed E-state index contributed by atoms with van der Waals surface area (Å²) in [7, 11) is -3.93. The number of thiophene rings is 1. The van der Waals surface area contributed by atoms with Crippen molar-refractivity contribution >= 4 is 38.9 Å². The monoisotopic (exact) mass is 506 g/mol. The van der Waals surface area contributed by atoms with E-state index in [1.165, 1.54) is 12.1 Å². The van der Waals surface area contributed by atoms with E-state index < -0.39 is 28.1 Å². The normalized spacial score (nSPS) is 18.8. The highest BCUT2D eigenvalue weighted by atomic mass is 35.5. The van der Waals surface area contributed by atoms with Crippen molar-refractivity contribution < 1.29 is 23.1 Å². The van der Waals surface area contributed by atoms with Crippen molar-refractivity contribution in [3.8, 4) is 5.75 Å². The molecule has 2 heterocycles. The summed E-state index contributed by atoms with van der Waals surface area (Å²) in [5, 5.41) is 12.8. The van der Waals surface area contributed by atoms with Gasteiger partial charge in [0.1, 0.15) is 22.6 Å². The number of ether oxygens (including phenoxy) is 1. The third-order valence-corrected chi connectivity index (χ3v) is 8.86. The fourth-order valence-electron chi connectivity index (χ4n) is 3.58. The number of carbonyl (C=O) groups is 1. The maximum absolute atomic E-state index is 13.0. The molecule has 7 nitrogen and oxygen atoms in total. The molecule has 0 saturated carbocycles. The second kappa shape index (κ2) is 10.2. The molecule has 1 aliphatic heterocycles. The number of hydrogen-bond donors (Lipinski definition) is 2. The lowest BCUT2D eigenvalue weighted by Gasteiger charge is -2.22. The Morgan fingerprint density at radius 3 is 2.45 bits per heavy atom. The molecular weight excluding hydrogens is 484 g/mol. The van der Waals surface area contributed by atoms with E-state index in [0.717, 1.165) is 32.5 Å². The summed E-state index contributed by atoms with van der Waals surface area (Å²) >= 11 is 6.80. The van der Waals surface area contributed by atoms with Crippen LogP contribution < -0.4 is 10.1 Å². The van der Waals surface area contributed by atoms with Crippen molar-refractivity contribution in [3.63, 3.8) is 0 Å². The van der Waals surface area contributed by atoms with E-state index in [-0.39, 0.29) is 23.7 Å². The molecule has 0 radical (unpaired) electrons. The Kier molecular flexibility index (Phi) is 7.35. The molecule has 1 saturated heterocycles. The van der Waals surface area contributed by atoms with Crippen molar-refractivity contribution in [2.45, 2.75) is 35.9 Å². The maximum Gasteiger partial charge on any atom is 0.253 e. The number of halogens is 1. The number of amides is 1. The molecule has 33 heavy (non-hydrogen) atoms. The number of benzene rings is 2. The van der Waals surface area contributed by atoms with Crippen LogP contribution in [0.2, 0.25) is 4.34 Å². The van der Waals surface area contributed by atoms with Gasteiger partial charge in [-0.2, -0.15) is 4.31 Å². The van der Waals surface area contributed by atoms with Gasteiger partial charge in [-0.15, -0.1) is 11.3 Å². The van der Waals surface area contributed by atoms with Crippen molar-refractivity contribution in [2.24, 2.45) is 0 Å². The molecule has 174 valence electrons. The zero-order valence-electron chi connectivity index (χ0n) is 17.6. The Morgan fingerprint density at radius 1 is 1.09 bits per heavy atom. The van der Waals surface area contributed by atoms with Gasteiger partial charge < -0.3 is 15.2 Å². The summed E-state index contributed by atoms with van der Waals surface area (Å²) in [4.78, 5) is 12.8. The molecule has 0 spiro atoms. The first kappa shape index (κ1) is 23.7. The number of para-hydroxylation sites is 1. The van der Waals surface area contributed by atoms with Crippen molar-refractivity contribution in [2.75, 3.05) is 6.54 Å². The van der Waals surface area contributed by atoms with E-state index in [9.17, 15) is 18.3 Å². The molecule has 1 fully saturated rings. The second-order valence-electron chi connectivity index (χ2n) is 7.67.